The van der Waals surface area contributed by atoms with E-state index in [1.54, 1.807) is 24.3 Å². The van der Waals surface area contributed by atoms with Gasteiger partial charge >= 0.3 is 5.97 Å². The van der Waals surface area contributed by atoms with Crippen molar-refractivity contribution in [1.29, 1.82) is 5.26 Å². The van der Waals surface area contributed by atoms with Gasteiger partial charge in [0, 0.05) is 6.54 Å². The first-order chi connectivity index (χ1) is 13.7. The van der Waals surface area contributed by atoms with Crippen molar-refractivity contribution >= 4 is 39.2 Å². The number of hydrogen-bond acceptors (Lipinski definition) is 6. The number of anilines is 1. The molecule has 0 aliphatic carbocycles. The van der Waals surface area contributed by atoms with Gasteiger partial charge in [0.25, 0.3) is 5.91 Å². The van der Waals surface area contributed by atoms with E-state index in [1.165, 1.54) is 31.2 Å². The Labute approximate surface area is 173 Å². The molecule has 152 valence electrons. The van der Waals surface area contributed by atoms with Crippen LogP contribution in [-0.4, -0.2) is 32.9 Å². The van der Waals surface area contributed by atoms with Gasteiger partial charge in [-0.05, 0) is 31.2 Å². The van der Waals surface area contributed by atoms with Crippen LogP contribution in [0.25, 0.3) is 0 Å². The smallest absolute Gasteiger partial charge is 0.307 e. The van der Waals surface area contributed by atoms with Crippen molar-refractivity contribution in [1.82, 2.24) is 4.72 Å². The summed E-state index contributed by atoms with van der Waals surface area (Å²) in [6, 6.07) is 14.2. The van der Waals surface area contributed by atoms with Gasteiger partial charge in [-0.1, -0.05) is 35.9 Å². The molecule has 0 saturated heterocycles. The molecule has 2 rings (SSSR count). The first kappa shape index (κ1) is 22.4. The standard InChI is InChI=1S/C19H18ClN3O5S/c1-13(19(25)23-16-8-4-2-6-14(16)12-21)28-18(24)10-11-22-29(26,27)17-9-5-3-7-15(17)20/h2-9,13,22H,10-11H2,1H3,(H,23,25)/t13-/m1/s1. The Kier molecular flexibility index (Phi) is 7.73. The maximum absolute atomic E-state index is 12.2. The Hall–Kier alpha value is -2.93. The van der Waals surface area contributed by atoms with Crippen LogP contribution >= 0.6 is 11.6 Å². The first-order valence-electron chi connectivity index (χ1n) is 8.48. The number of rotatable bonds is 8. The zero-order valence-electron chi connectivity index (χ0n) is 15.4. The Morgan fingerprint density at radius 3 is 2.52 bits per heavy atom. The number of hydrogen-bond donors (Lipinski definition) is 2. The van der Waals surface area contributed by atoms with E-state index in [1.807, 2.05) is 6.07 Å². The Morgan fingerprint density at radius 2 is 1.83 bits per heavy atom. The number of esters is 1. The van der Waals surface area contributed by atoms with Crippen molar-refractivity contribution in [2.24, 2.45) is 0 Å². The zero-order valence-corrected chi connectivity index (χ0v) is 17.0. The highest BCUT2D eigenvalue weighted by atomic mass is 35.5. The number of nitrogens with zero attached hydrogens (tertiary/aromatic N) is 1. The summed E-state index contributed by atoms with van der Waals surface area (Å²) in [5.41, 5.74) is 0.573. The number of sulfonamides is 1. The highest BCUT2D eigenvalue weighted by Crippen LogP contribution is 2.20. The molecule has 10 heteroatoms. The Bertz CT molecular complexity index is 1050. The molecule has 0 aromatic heterocycles. The molecule has 2 aromatic rings. The van der Waals surface area contributed by atoms with E-state index >= 15 is 0 Å². The van der Waals surface area contributed by atoms with Crippen molar-refractivity contribution in [2.45, 2.75) is 24.3 Å². The monoisotopic (exact) mass is 435 g/mol. The summed E-state index contributed by atoms with van der Waals surface area (Å²) >= 11 is 5.87. The number of para-hydroxylation sites is 1. The third-order valence-electron chi connectivity index (χ3n) is 3.73. The number of carbonyl (C=O) groups excluding carboxylic acids is 2. The summed E-state index contributed by atoms with van der Waals surface area (Å²) in [6.45, 7) is 1.15. The van der Waals surface area contributed by atoms with E-state index in [4.69, 9.17) is 21.6 Å². The number of nitriles is 1. The minimum atomic E-state index is -3.88. The maximum Gasteiger partial charge on any atom is 0.307 e. The van der Waals surface area contributed by atoms with E-state index in [9.17, 15) is 18.0 Å². The lowest BCUT2D eigenvalue weighted by atomic mass is 10.2. The summed E-state index contributed by atoms with van der Waals surface area (Å²) in [6.07, 6.45) is -1.41. The largest absolute Gasteiger partial charge is 0.452 e. The van der Waals surface area contributed by atoms with E-state index in [-0.39, 0.29) is 28.4 Å². The molecule has 0 aliphatic heterocycles. The van der Waals surface area contributed by atoms with Gasteiger partial charge < -0.3 is 10.1 Å². The summed E-state index contributed by atoms with van der Waals surface area (Å²) in [4.78, 5) is 24.0. The SMILES string of the molecule is C[C@@H](OC(=O)CCNS(=O)(=O)c1ccccc1Cl)C(=O)Nc1ccccc1C#N. The third kappa shape index (κ3) is 6.29. The van der Waals surface area contributed by atoms with Gasteiger partial charge in [-0.2, -0.15) is 5.26 Å². The molecule has 0 radical (unpaired) electrons. The second-order valence-electron chi connectivity index (χ2n) is 5.86. The van der Waals surface area contributed by atoms with Gasteiger partial charge in [-0.15, -0.1) is 0 Å². The molecule has 8 nitrogen and oxygen atoms in total. The van der Waals surface area contributed by atoms with Gasteiger partial charge in [0.2, 0.25) is 10.0 Å². The third-order valence-corrected chi connectivity index (χ3v) is 5.69. The topological polar surface area (TPSA) is 125 Å². The van der Waals surface area contributed by atoms with Crippen LogP contribution in [0.4, 0.5) is 5.69 Å². The summed E-state index contributed by atoms with van der Waals surface area (Å²) in [5, 5.41) is 11.6. The maximum atomic E-state index is 12.2. The lowest BCUT2D eigenvalue weighted by Crippen LogP contribution is -2.32. The molecule has 0 unspecified atom stereocenters. The molecule has 2 N–H and O–H groups in total. The fourth-order valence-electron chi connectivity index (χ4n) is 2.26. The van der Waals surface area contributed by atoms with Crippen molar-refractivity contribution < 1.29 is 22.7 Å². The highest BCUT2D eigenvalue weighted by Gasteiger charge is 2.21. The van der Waals surface area contributed by atoms with E-state index in [0.29, 0.717) is 5.69 Å². The van der Waals surface area contributed by atoms with Crippen LogP contribution in [0.15, 0.2) is 53.4 Å². The lowest BCUT2D eigenvalue weighted by Gasteiger charge is -2.14. The number of nitrogens with one attached hydrogen (secondary N) is 2. The number of benzene rings is 2. The van der Waals surface area contributed by atoms with E-state index in [0.717, 1.165) is 0 Å². The second-order valence-corrected chi connectivity index (χ2v) is 8.00. The molecule has 1 amide bonds. The Balaban J connectivity index is 1.85. The molecule has 0 aliphatic rings. The molecule has 0 bridgehead atoms. The molecular formula is C19H18ClN3O5S. The fourth-order valence-corrected chi connectivity index (χ4v) is 3.81. The normalized spacial score (nSPS) is 11.9. The quantitative estimate of drug-likeness (QED) is 0.613. The number of halogens is 1. The van der Waals surface area contributed by atoms with Crippen LogP contribution in [-0.2, 0) is 24.3 Å². The number of amides is 1. The van der Waals surface area contributed by atoms with Crippen molar-refractivity contribution in [3.63, 3.8) is 0 Å². The summed E-state index contributed by atoms with van der Waals surface area (Å²) < 4.78 is 31.6. The average Bonchev–Trinajstić information content (AvgIpc) is 2.68. The summed E-state index contributed by atoms with van der Waals surface area (Å²) in [7, 11) is -3.88. The lowest BCUT2D eigenvalue weighted by molar-refractivity contribution is -0.152. The minimum Gasteiger partial charge on any atom is -0.452 e. The highest BCUT2D eigenvalue weighted by molar-refractivity contribution is 7.89. The van der Waals surface area contributed by atoms with Gasteiger partial charge in [0.15, 0.2) is 6.10 Å². The average molecular weight is 436 g/mol. The predicted molar refractivity (Wildman–Crippen MR) is 107 cm³/mol. The number of ether oxygens (including phenoxy) is 1. The van der Waals surface area contributed by atoms with Crippen molar-refractivity contribution in [3.8, 4) is 6.07 Å². The van der Waals surface area contributed by atoms with Gasteiger partial charge in [0.05, 0.1) is 22.7 Å². The minimum absolute atomic E-state index is 0.0607. The molecule has 1 atom stereocenters. The second kappa shape index (κ2) is 10.0. The van der Waals surface area contributed by atoms with Gasteiger partial charge in [0.1, 0.15) is 11.0 Å². The van der Waals surface area contributed by atoms with Crippen LogP contribution in [0.5, 0.6) is 0 Å². The van der Waals surface area contributed by atoms with Crippen LogP contribution in [0.3, 0.4) is 0 Å². The molecule has 0 fully saturated rings. The summed E-state index contributed by atoms with van der Waals surface area (Å²) in [5.74, 6) is -1.37. The molecule has 2 aromatic carbocycles. The molecular weight excluding hydrogens is 418 g/mol. The van der Waals surface area contributed by atoms with Crippen LogP contribution < -0.4 is 10.0 Å². The fraction of sp³-hybridized carbons (Fsp3) is 0.211. The van der Waals surface area contributed by atoms with Gasteiger partial charge in [-0.25, -0.2) is 13.1 Å². The zero-order chi connectivity index (χ0) is 21.4. The predicted octanol–water partition coefficient (Wildman–Crippen LogP) is 2.45. The van der Waals surface area contributed by atoms with Crippen molar-refractivity contribution in [3.05, 3.63) is 59.1 Å². The molecule has 0 spiro atoms. The van der Waals surface area contributed by atoms with Crippen LogP contribution in [0, 0.1) is 11.3 Å². The van der Waals surface area contributed by atoms with Crippen LogP contribution in [0.2, 0.25) is 5.02 Å². The van der Waals surface area contributed by atoms with Gasteiger partial charge in [-0.3, -0.25) is 9.59 Å². The molecule has 0 saturated carbocycles. The van der Waals surface area contributed by atoms with E-state index in [2.05, 4.69) is 10.0 Å². The van der Waals surface area contributed by atoms with E-state index < -0.39 is 28.0 Å². The Morgan fingerprint density at radius 1 is 1.17 bits per heavy atom. The molecule has 29 heavy (non-hydrogen) atoms. The number of carbonyl (C=O) groups is 2. The van der Waals surface area contributed by atoms with Crippen molar-refractivity contribution in [2.75, 3.05) is 11.9 Å². The molecule has 0 heterocycles. The first-order valence-corrected chi connectivity index (χ1v) is 10.3. The van der Waals surface area contributed by atoms with Crippen LogP contribution in [0.1, 0.15) is 18.9 Å².